The minimum absolute atomic E-state index is 0.0821. The molecule has 1 aromatic carbocycles. The molecule has 5 heteroatoms. The highest BCUT2D eigenvalue weighted by Gasteiger charge is 2.32. The molecular formula is C28H34N4O. The molecular weight excluding hydrogens is 408 g/mol. The molecule has 0 bridgehead atoms. The van der Waals surface area contributed by atoms with Crippen LogP contribution in [0.3, 0.4) is 0 Å². The molecule has 172 valence electrons. The van der Waals surface area contributed by atoms with E-state index >= 15 is 0 Å². The fourth-order valence-corrected chi connectivity index (χ4v) is 4.55. The molecule has 0 spiro atoms. The lowest BCUT2D eigenvalue weighted by Crippen LogP contribution is -2.37. The second kappa shape index (κ2) is 9.65. The van der Waals surface area contributed by atoms with Crippen LogP contribution in [0, 0.1) is 5.41 Å². The minimum Gasteiger partial charge on any atom is -0.385 e. The Kier molecular flexibility index (Phi) is 6.68. The number of fused-ring (bicyclic) bond motifs is 1. The molecule has 1 unspecified atom stereocenters. The number of H-pyrrole nitrogens is 1. The summed E-state index contributed by atoms with van der Waals surface area (Å²) in [7, 11) is 0. The summed E-state index contributed by atoms with van der Waals surface area (Å²) in [5.41, 5.74) is 6.93. The molecule has 0 aliphatic heterocycles. The van der Waals surface area contributed by atoms with Crippen LogP contribution >= 0.6 is 0 Å². The third-order valence-corrected chi connectivity index (χ3v) is 5.81. The van der Waals surface area contributed by atoms with E-state index in [1.165, 1.54) is 5.70 Å². The third kappa shape index (κ3) is 5.54. The summed E-state index contributed by atoms with van der Waals surface area (Å²) in [6, 6.07) is 14.0. The van der Waals surface area contributed by atoms with Gasteiger partial charge in [-0.1, -0.05) is 52.0 Å². The van der Waals surface area contributed by atoms with Gasteiger partial charge in [-0.15, -0.1) is 0 Å². The maximum atomic E-state index is 13.4. The zero-order chi connectivity index (χ0) is 23.4. The van der Waals surface area contributed by atoms with Crippen molar-refractivity contribution < 1.29 is 4.79 Å². The number of hydrogen-bond donors (Lipinski definition) is 3. The van der Waals surface area contributed by atoms with Gasteiger partial charge in [0.15, 0.2) is 5.78 Å². The van der Waals surface area contributed by atoms with Gasteiger partial charge in [0.2, 0.25) is 0 Å². The van der Waals surface area contributed by atoms with Gasteiger partial charge >= 0.3 is 0 Å². The summed E-state index contributed by atoms with van der Waals surface area (Å²) in [4.78, 5) is 21.2. The highest BCUT2D eigenvalue weighted by molar-refractivity contribution is 6.07. The highest BCUT2D eigenvalue weighted by atomic mass is 16.1. The maximum absolute atomic E-state index is 13.4. The van der Waals surface area contributed by atoms with Crippen molar-refractivity contribution in [2.45, 2.75) is 59.4 Å². The second-order valence-electron chi connectivity index (χ2n) is 10.0. The molecule has 2 aromatic heterocycles. The van der Waals surface area contributed by atoms with Gasteiger partial charge in [0.1, 0.15) is 0 Å². The Bertz CT molecular complexity index is 1120. The van der Waals surface area contributed by atoms with E-state index < -0.39 is 0 Å². The van der Waals surface area contributed by atoms with E-state index in [2.05, 4.69) is 54.4 Å². The van der Waals surface area contributed by atoms with Crippen molar-refractivity contribution in [3.63, 3.8) is 0 Å². The normalized spacial score (nSPS) is 16.4. The first-order valence-electron chi connectivity index (χ1n) is 11.8. The number of aromatic amines is 1. The summed E-state index contributed by atoms with van der Waals surface area (Å²) >= 11 is 0. The highest BCUT2D eigenvalue weighted by Crippen LogP contribution is 2.39. The van der Waals surface area contributed by atoms with Gasteiger partial charge in [0.05, 0.1) is 16.9 Å². The lowest BCUT2D eigenvalue weighted by atomic mass is 9.88. The number of carbonyl (C=O) groups excluding carboxylic acids is 1. The van der Waals surface area contributed by atoms with Crippen LogP contribution in [0.25, 0.3) is 11.3 Å². The number of hydrogen-bond acceptors (Lipinski definition) is 4. The van der Waals surface area contributed by atoms with Crippen LogP contribution in [0.5, 0.6) is 0 Å². The van der Waals surface area contributed by atoms with Crippen LogP contribution in [0.4, 0.5) is 11.4 Å². The zero-order valence-electron chi connectivity index (χ0n) is 20.0. The van der Waals surface area contributed by atoms with Crippen molar-refractivity contribution in [2.75, 3.05) is 5.32 Å². The fourth-order valence-electron chi connectivity index (χ4n) is 4.55. The number of nitrogens with zero attached hydrogens (tertiary/aromatic N) is 1. The third-order valence-electron chi connectivity index (χ3n) is 5.81. The zero-order valence-corrected chi connectivity index (χ0v) is 20.0. The fraction of sp³-hybridized carbons (Fsp3) is 0.357. The largest absolute Gasteiger partial charge is 0.385 e. The number of Topliss-reactive ketones (excluding diaryl/α,β-unsaturated/α-hetero) is 1. The molecule has 1 aliphatic rings. The van der Waals surface area contributed by atoms with Crippen molar-refractivity contribution in [1.29, 1.82) is 0 Å². The Morgan fingerprint density at radius 3 is 2.52 bits per heavy atom. The molecule has 0 fully saturated rings. The average Bonchev–Trinajstić information content (AvgIpc) is 3.13. The van der Waals surface area contributed by atoms with Crippen LogP contribution < -0.4 is 10.6 Å². The van der Waals surface area contributed by atoms with Gasteiger partial charge in [-0.05, 0) is 42.5 Å². The van der Waals surface area contributed by atoms with Crippen molar-refractivity contribution in [3.8, 4) is 11.3 Å². The smallest absolute Gasteiger partial charge is 0.168 e. The van der Waals surface area contributed by atoms with E-state index in [-0.39, 0.29) is 17.2 Å². The maximum Gasteiger partial charge on any atom is 0.168 e. The van der Waals surface area contributed by atoms with Gasteiger partial charge in [-0.25, -0.2) is 0 Å². The summed E-state index contributed by atoms with van der Waals surface area (Å²) in [5, 5.41) is 7.21. The van der Waals surface area contributed by atoms with Crippen LogP contribution in [-0.4, -0.2) is 21.8 Å². The molecule has 3 aromatic rings. The van der Waals surface area contributed by atoms with E-state index in [0.29, 0.717) is 6.42 Å². The Labute approximate surface area is 196 Å². The van der Waals surface area contributed by atoms with Crippen LogP contribution in [0.2, 0.25) is 0 Å². The predicted octanol–water partition coefficient (Wildman–Crippen LogP) is 6.64. The monoisotopic (exact) mass is 442 g/mol. The van der Waals surface area contributed by atoms with Gasteiger partial charge in [0, 0.05) is 53.9 Å². The number of para-hydroxylation sites is 1. The van der Waals surface area contributed by atoms with E-state index in [9.17, 15) is 4.79 Å². The van der Waals surface area contributed by atoms with Gasteiger partial charge < -0.3 is 15.6 Å². The lowest BCUT2D eigenvalue weighted by Gasteiger charge is -2.28. The predicted molar refractivity (Wildman–Crippen MR) is 136 cm³/mol. The van der Waals surface area contributed by atoms with Crippen LogP contribution in [0.1, 0.15) is 63.0 Å². The molecule has 5 nitrogen and oxygen atoms in total. The average molecular weight is 443 g/mol. The standard InChI is InChI=1S/C28H34N4O/c1-5-9-21(18-28(2,3)4)30-22-16-23-25(24(33)17-22)27(31-20-10-7-6-8-11-20)26(32-23)19-12-14-29-15-13-19/h6-15,22,30-32H,5,16-18H2,1-4H3/b21-9+. The molecule has 0 amide bonds. The Morgan fingerprint density at radius 2 is 1.85 bits per heavy atom. The Morgan fingerprint density at radius 1 is 1.12 bits per heavy atom. The summed E-state index contributed by atoms with van der Waals surface area (Å²) in [6.45, 7) is 8.89. The lowest BCUT2D eigenvalue weighted by molar-refractivity contribution is 0.0961. The van der Waals surface area contributed by atoms with Crippen molar-refractivity contribution in [3.05, 3.63) is 77.9 Å². The van der Waals surface area contributed by atoms with E-state index in [1.807, 2.05) is 42.5 Å². The van der Waals surface area contributed by atoms with Crippen molar-refractivity contribution in [2.24, 2.45) is 5.41 Å². The van der Waals surface area contributed by atoms with Gasteiger partial charge in [0.25, 0.3) is 0 Å². The Hall–Kier alpha value is -3.34. The van der Waals surface area contributed by atoms with Crippen LogP contribution in [0.15, 0.2) is 66.6 Å². The number of pyridine rings is 1. The Balaban J connectivity index is 1.68. The summed E-state index contributed by atoms with van der Waals surface area (Å²) in [6.07, 6.45) is 9.02. The SMILES string of the molecule is CC/C=C(\CC(C)(C)C)NC1CC(=O)c2c([nH]c(-c3ccncc3)c2Nc2ccccc2)C1. The summed E-state index contributed by atoms with van der Waals surface area (Å²) < 4.78 is 0. The minimum atomic E-state index is 0.0821. The van der Waals surface area contributed by atoms with Gasteiger partial charge in [-0.3, -0.25) is 9.78 Å². The first kappa shape index (κ1) is 22.8. The molecule has 2 heterocycles. The summed E-state index contributed by atoms with van der Waals surface area (Å²) in [5.74, 6) is 0.162. The topological polar surface area (TPSA) is 69.8 Å². The number of ketones is 1. The molecule has 4 rings (SSSR count). The van der Waals surface area contributed by atoms with E-state index in [1.54, 1.807) is 12.4 Å². The first-order chi connectivity index (χ1) is 15.8. The number of carbonyl (C=O) groups is 1. The molecule has 0 saturated carbocycles. The second-order valence-corrected chi connectivity index (χ2v) is 10.0. The van der Waals surface area contributed by atoms with E-state index in [4.69, 9.17) is 0 Å². The molecule has 0 radical (unpaired) electrons. The molecule has 33 heavy (non-hydrogen) atoms. The molecule has 3 N–H and O–H groups in total. The quantitative estimate of drug-likeness (QED) is 0.384. The number of rotatable bonds is 7. The number of allylic oxidation sites excluding steroid dienone is 2. The first-order valence-corrected chi connectivity index (χ1v) is 11.8. The number of aromatic nitrogens is 2. The van der Waals surface area contributed by atoms with Crippen molar-refractivity contribution >= 4 is 17.2 Å². The number of anilines is 2. The number of nitrogens with one attached hydrogen (secondary N) is 3. The molecule has 1 aliphatic carbocycles. The molecule has 0 saturated heterocycles. The van der Waals surface area contributed by atoms with Crippen LogP contribution in [-0.2, 0) is 6.42 Å². The van der Waals surface area contributed by atoms with E-state index in [0.717, 1.165) is 53.2 Å². The molecule has 1 atom stereocenters. The van der Waals surface area contributed by atoms with Crippen molar-refractivity contribution in [1.82, 2.24) is 15.3 Å². The van der Waals surface area contributed by atoms with Gasteiger partial charge in [-0.2, -0.15) is 0 Å². The number of benzene rings is 1.